The summed E-state index contributed by atoms with van der Waals surface area (Å²) in [4.78, 5) is 2.36. The zero-order chi connectivity index (χ0) is 14.2. The van der Waals surface area contributed by atoms with E-state index >= 15 is 0 Å². The van der Waals surface area contributed by atoms with Crippen molar-refractivity contribution in [3.05, 3.63) is 16.3 Å². The van der Waals surface area contributed by atoms with Crippen molar-refractivity contribution in [2.45, 2.75) is 47.5 Å². The number of anilines is 1. The van der Waals surface area contributed by atoms with Gasteiger partial charge in [0.2, 0.25) is 0 Å². The molecule has 1 aliphatic heterocycles. The highest BCUT2D eigenvalue weighted by atomic mass is 35.5. The molecule has 0 amide bonds. The van der Waals surface area contributed by atoms with Crippen molar-refractivity contribution in [3.8, 4) is 0 Å². The highest BCUT2D eigenvalue weighted by Crippen LogP contribution is 2.36. The summed E-state index contributed by atoms with van der Waals surface area (Å²) in [6.45, 7) is 13.2. The molecular formula is C15H24ClN3. The molecule has 0 saturated carbocycles. The van der Waals surface area contributed by atoms with E-state index in [1.165, 1.54) is 12.8 Å². The van der Waals surface area contributed by atoms with Crippen molar-refractivity contribution in [2.24, 2.45) is 11.3 Å². The van der Waals surface area contributed by atoms with Gasteiger partial charge in [-0.25, -0.2) is 0 Å². The van der Waals surface area contributed by atoms with Crippen LogP contribution in [0.15, 0.2) is 0 Å². The van der Waals surface area contributed by atoms with E-state index in [1.54, 1.807) is 0 Å². The maximum atomic E-state index is 6.02. The quantitative estimate of drug-likeness (QED) is 0.779. The lowest BCUT2D eigenvalue weighted by molar-refractivity contribution is 0.198. The second-order valence-corrected chi connectivity index (χ2v) is 7.05. The predicted octanol–water partition coefficient (Wildman–Crippen LogP) is 4.01. The molecule has 1 saturated heterocycles. The van der Waals surface area contributed by atoms with Gasteiger partial charge in [-0.2, -0.15) is 0 Å². The summed E-state index contributed by atoms with van der Waals surface area (Å²) in [6, 6.07) is 0. The van der Waals surface area contributed by atoms with Gasteiger partial charge in [-0.05, 0) is 49.1 Å². The summed E-state index contributed by atoms with van der Waals surface area (Å²) in [6.07, 6.45) is 2.46. The topological polar surface area (TPSA) is 29.0 Å². The largest absolute Gasteiger partial charge is 0.355 e. The van der Waals surface area contributed by atoms with E-state index in [1.807, 2.05) is 6.92 Å². The van der Waals surface area contributed by atoms with Crippen molar-refractivity contribution < 1.29 is 0 Å². The first-order chi connectivity index (χ1) is 8.80. The monoisotopic (exact) mass is 281 g/mol. The third-order valence-corrected chi connectivity index (χ3v) is 4.82. The second kappa shape index (κ2) is 5.28. The Bertz CT molecular complexity index is 457. The molecule has 1 aromatic heterocycles. The summed E-state index contributed by atoms with van der Waals surface area (Å²) in [5, 5.41) is 8.87. The second-order valence-electron chi connectivity index (χ2n) is 6.69. The average molecular weight is 282 g/mol. The number of rotatable bonds is 1. The van der Waals surface area contributed by atoms with Gasteiger partial charge < -0.3 is 4.90 Å². The summed E-state index contributed by atoms with van der Waals surface area (Å²) in [5.74, 6) is 1.81. The number of hydrogen-bond acceptors (Lipinski definition) is 3. The summed E-state index contributed by atoms with van der Waals surface area (Å²) in [7, 11) is 0. The molecule has 0 atom stereocenters. The molecule has 0 aliphatic carbocycles. The molecule has 0 spiro atoms. The first-order valence-electron chi connectivity index (χ1n) is 7.05. The van der Waals surface area contributed by atoms with Crippen molar-refractivity contribution >= 4 is 17.4 Å². The normalized spacial score (nSPS) is 17.9. The van der Waals surface area contributed by atoms with E-state index in [9.17, 15) is 0 Å². The van der Waals surface area contributed by atoms with Crippen LogP contribution in [0.25, 0.3) is 0 Å². The van der Waals surface area contributed by atoms with Gasteiger partial charge in [0.1, 0.15) is 0 Å². The molecule has 0 bridgehead atoms. The molecule has 2 rings (SSSR count). The smallest absolute Gasteiger partial charge is 0.155 e. The Balaban J connectivity index is 2.12. The Labute approximate surface area is 121 Å². The standard InChI is InChI=1S/C15H24ClN3/c1-10-11(2)14(18-17-13(10)16)19-8-6-12(7-9-19)15(3,4)5/h12H,6-9H2,1-5H3. The van der Waals surface area contributed by atoms with E-state index in [-0.39, 0.29) is 0 Å². The van der Waals surface area contributed by atoms with Crippen LogP contribution in [0.3, 0.4) is 0 Å². The van der Waals surface area contributed by atoms with Crippen molar-refractivity contribution in [2.75, 3.05) is 18.0 Å². The molecule has 2 heterocycles. The van der Waals surface area contributed by atoms with Gasteiger partial charge in [0.25, 0.3) is 0 Å². The molecule has 3 nitrogen and oxygen atoms in total. The van der Waals surface area contributed by atoms with Gasteiger partial charge in [-0.15, -0.1) is 10.2 Å². The lowest BCUT2D eigenvalue weighted by atomic mass is 9.75. The van der Waals surface area contributed by atoms with Crippen LogP contribution >= 0.6 is 11.6 Å². The van der Waals surface area contributed by atoms with Gasteiger partial charge in [0, 0.05) is 13.1 Å². The van der Waals surface area contributed by atoms with Crippen molar-refractivity contribution in [3.63, 3.8) is 0 Å². The fraction of sp³-hybridized carbons (Fsp3) is 0.733. The molecule has 0 radical (unpaired) electrons. The van der Waals surface area contributed by atoms with Gasteiger partial charge >= 0.3 is 0 Å². The van der Waals surface area contributed by atoms with Gasteiger partial charge in [-0.3, -0.25) is 0 Å². The molecule has 1 fully saturated rings. The average Bonchev–Trinajstić information content (AvgIpc) is 2.35. The Morgan fingerprint density at radius 3 is 2.16 bits per heavy atom. The highest BCUT2D eigenvalue weighted by molar-refractivity contribution is 6.30. The van der Waals surface area contributed by atoms with E-state index in [2.05, 4.69) is 42.8 Å². The fourth-order valence-electron chi connectivity index (χ4n) is 2.82. The third kappa shape index (κ3) is 3.02. The Morgan fingerprint density at radius 1 is 1.05 bits per heavy atom. The van der Waals surface area contributed by atoms with Crippen LogP contribution in [0.1, 0.15) is 44.7 Å². The Kier molecular flexibility index (Phi) is 4.05. The van der Waals surface area contributed by atoms with E-state index in [0.29, 0.717) is 10.6 Å². The molecule has 19 heavy (non-hydrogen) atoms. The van der Waals surface area contributed by atoms with E-state index < -0.39 is 0 Å². The molecule has 1 aromatic rings. The molecule has 106 valence electrons. The van der Waals surface area contributed by atoms with Crippen LogP contribution < -0.4 is 4.90 Å². The maximum absolute atomic E-state index is 6.02. The minimum Gasteiger partial charge on any atom is -0.355 e. The van der Waals surface area contributed by atoms with Gasteiger partial charge in [0.05, 0.1) is 0 Å². The molecule has 4 heteroatoms. The maximum Gasteiger partial charge on any atom is 0.155 e. The zero-order valence-electron chi connectivity index (χ0n) is 12.6. The molecule has 0 unspecified atom stereocenters. The van der Waals surface area contributed by atoms with Gasteiger partial charge in [0.15, 0.2) is 11.0 Å². The zero-order valence-corrected chi connectivity index (χ0v) is 13.4. The minimum absolute atomic E-state index is 0.405. The van der Waals surface area contributed by atoms with Crippen LogP contribution in [0.4, 0.5) is 5.82 Å². The first-order valence-corrected chi connectivity index (χ1v) is 7.43. The lowest BCUT2D eigenvalue weighted by Gasteiger charge is -2.39. The molecular weight excluding hydrogens is 258 g/mol. The summed E-state index contributed by atoms with van der Waals surface area (Å²) in [5.41, 5.74) is 2.61. The van der Waals surface area contributed by atoms with Crippen LogP contribution in [0.5, 0.6) is 0 Å². The van der Waals surface area contributed by atoms with E-state index in [4.69, 9.17) is 11.6 Å². The predicted molar refractivity (Wildman–Crippen MR) is 80.9 cm³/mol. The SMILES string of the molecule is Cc1c(Cl)nnc(N2CCC(C(C)(C)C)CC2)c1C. The number of nitrogens with zero attached hydrogens (tertiary/aromatic N) is 3. The van der Waals surface area contributed by atoms with Crippen LogP contribution in [-0.2, 0) is 0 Å². The van der Waals surface area contributed by atoms with Crippen LogP contribution in [0.2, 0.25) is 5.15 Å². The van der Waals surface area contributed by atoms with Crippen LogP contribution in [-0.4, -0.2) is 23.3 Å². The molecule has 1 aliphatic rings. The Hall–Kier alpha value is -0.830. The molecule has 0 aromatic carbocycles. The summed E-state index contributed by atoms with van der Waals surface area (Å²) < 4.78 is 0. The fourth-order valence-corrected chi connectivity index (χ4v) is 3.00. The Morgan fingerprint density at radius 2 is 1.63 bits per heavy atom. The minimum atomic E-state index is 0.405. The molecule has 0 N–H and O–H groups in total. The number of piperidine rings is 1. The highest BCUT2D eigenvalue weighted by Gasteiger charge is 2.29. The van der Waals surface area contributed by atoms with Crippen LogP contribution in [0, 0.1) is 25.2 Å². The summed E-state index contributed by atoms with van der Waals surface area (Å²) >= 11 is 6.02. The van der Waals surface area contributed by atoms with E-state index in [0.717, 1.165) is 36.0 Å². The number of halogens is 1. The van der Waals surface area contributed by atoms with Crippen molar-refractivity contribution in [1.29, 1.82) is 0 Å². The number of aromatic nitrogens is 2. The third-order valence-electron chi connectivity index (χ3n) is 4.46. The lowest BCUT2D eigenvalue weighted by Crippen LogP contribution is -2.39. The number of hydrogen-bond donors (Lipinski definition) is 0. The first kappa shape index (κ1) is 14.6. The van der Waals surface area contributed by atoms with Crippen molar-refractivity contribution in [1.82, 2.24) is 10.2 Å². The van der Waals surface area contributed by atoms with Gasteiger partial charge in [-0.1, -0.05) is 32.4 Å².